The minimum atomic E-state index is -0.602. The van der Waals surface area contributed by atoms with Crippen LogP contribution < -0.4 is 0 Å². The first-order valence-corrected chi connectivity index (χ1v) is 8.14. The van der Waals surface area contributed by atoms with E-state index < -0.39 is 16.7 Å². The van der Waals surface area contributed by atoms with E-state index in [-0.39, 0.29) is 16.8 Å². The van der Waals surface area contributed by atoms with Gasteiger partial charge in [0, 0.05) is 29.0 Å². The molecule has 0 N–H and O–H groups in total. The van der Waals surface area contributed by atoms with Gasteiger partial charge in [0.2, 0.25) is 0 Å². The molecule has 0 spiro atoms. The summed E-state index contributed by atoms with van der Waals surface area (Å²) in [6.07, 6.45) is 0. The first kappa shape index (κ1) is 16.8. The molecular formula is C15H8Cl2N2O4S. The Bertz CT molecular complexity index is 917. The number of fused-ring (bicyclic) bond motifs is 1. The van der Waals surface area contributed by atoms with Gasteiger partial charge in [-0.3, -0.25) is 24.6 Å². The highest BCUT2D eigenvalue weighted by Crippen LogP contribution is 2.40. The molecule has 0 radical (unpaired) electrons. The quantitative estimate of drug-likeness (QED) is 0.449. The largest absolute Gasteiger partial charge is 0.277 e. The molecule has 2 aromatic rings. The normalized spacial score (nSPS) is 13.4. The van der Waals surface area contributed by atoms with Gasteiger partial charge in [-0.15, -0.1) is 0 Å². The third-order valence-corrected chi connectivity index (χ3v) is 5.24. The second-order valence-corrected chi connectivity index (χ2v) is 6.90. The number of nitro groups is 1. The average molecular weight is 383 g/mol. The van der Waals surface area contributed by atoms with Crippen molar-refractivity contribution in [3.05, 3.63) is 61.6 Å². The molecule has 1 aliphatic rings. The van der Waals surface area contributed by atoms with Crippen molar-refractivity contribution in [2.24, 2.45) is 0 Å². The van der Waals surface area contributed by atoms with E-state index in [0.717, 1.165) is 22.7 Å². The Morgan fingerprint density at radius 1 is 1.08 bits per heavy atom. The number of non-ortho nitro benzene ring substituents is 1. The van der Waals surface area contributed by atoms with E-state index in [1.165, 1.54) is 13.1 Å². The van der Waals surface area contributed by atoms with E-state index in [4.69, 9.17) is 23.2 Å². The lowest BCUT2D eigenvalue weighted by atomic mass is 10.1. The van der Waals surface area contributed by atoms with Crippen LogP contribution in [0.1, 0.15) is 20.7 Å². The van der Waals surface area contributed by atoms with Gasteiger partial charge in [0.25, 0.3) is 17.5 Å². The number of benzene rings is 2. The molecule has 1 heterocycles. The van der Waals surface area contributed by atoms with Crippen molar-refractivity contribution in [3.8, 4) is 0 Å². The monoisotopic (exact) mass is 382 g/mol. The summed E-state index contributed by atoms with van der Waals surface area (Å²) < 4.78 is 0. The summed E-state index contributed by atoms with van der Waals surface area (Å²) in [5, 5.41) is 11.8. The van der Waals surface area contributed by atoms with Crippen LogP contribution in [-0.4, -0.2) is 28.7 Å². The van der Waals surface area contributed by atoms with Gasteiger partial charge in [0.15, 0.2) is 0 Å². The molecule has 0 unspecified atom stereocenters. The second kappa shape index (κ2) is 6.08. The first-order valence-electron chi connectivity index (χ1n) is 6.57. The SMILES string of the molecule is CN1C(=O)c2cc([N+](=O)[O-])cc(Sc3ccc(Cl)c(Cl)c3)c2C1=O. The van der Waals surface area contributed by atoms with Crippen LogP contribution in [0.3, 0.4) is 0 Å². The van der Waals surface area contributed by atoms with Crippen molar-refractivity contribution in [2.45, 2.75) is 9.79 Å². The number of imide groups is 1. The number of halogens is 2. The van der Waals surface area contributed by atoms with Crippen LogP contribution in [0, 0.1) is 10.1 Å². The topological polar surface area (TPSA) is 80.5 Å². The fourth-order valence-electron chi connectivity index (χ4n) is 2.28. The van der Waals surface area contributed by atoms with Crippen LogP contribution in [0.2, 0.25) is 10.0 Å². The third kappa shape index (κ3) is 2.75. The van der Waals surface area contributed by atoms with E-state index in [1.54, 1.807) is 18.2 Å². The van der Waals surface area contributed by atoms with Gasteiger partial charge in [-0.2, -0.15) is 0 Å². The summed E-state index contributed by atoms with van der Waals surface area (Å²) in [4.78, 5) is 36.8. The standard InChI is InChI=1S/C15H8Cl2N2O4S/c1-18-14(20)9-4-7(19(22)23)5-12(13(9)15(18)21)24-8-2-3-10(16)11(17)6-8/h2-6H,1H3. The fraction of sp³-hybridized carbons (Fsp3) is 0.0667. The van der Waals surface area contributed by atoms with Crippen molar-refractivity contribution in [2.75, 3.05) is 7.05 Å². The molecular weight excluding hydrogens is 375 g/mol. The molecule has 6 nitrogen and oxygen atoms in total. The van der Waals surface area contributed by atoms with Crippen LogP contribution in [0.15, 0.2) is 40.1 Å². The van der Waals surface area contributed by atoms with Crippen LogP contribution in [-0.2, 0) is 0 Å². The van der Waals surface area contributed by atoms with Gasteiger partial charge in [-0.05, 0) is 18.2 Å². The maximum absolute atomic E-state index is 12.3. The second-order valence-electron chi connectivity index (χ2n) is 4.97. The zero-order chi connectivity index (χ0) is 17.6. The van der Waals surface area contributed by atoms with Crippen molar-refractivity contribution in [1.82, 2.24) is 4.90 Å². The number of hydrogen-bond acceptors (Lipinski definition) is 5. The molecule has 9 heteroatoms. The predicted molar refractivity (Wildman–Crippen MR) is 90.1 cm³/mol. The van der Waals surface area contributed by atoms with Crippen LogP contribution in [0.5, 0.6) is 0 Å². The van der Waals surface area contributed by atoms with Crippen molar-refractivity contribution in [3.63, 3.8) is 0 Å². The molecule has 0 bridgehead atoms. The molecule has 24 heavy (non-hydrogen) atoms. The molecule has 0 aliphatic carbocycles. The van der Waals surface area contributed by atoms with E-state index in [0.29, 0.717) is 19.8 Å². The van der Waals surface area contributed by atoms with Gasteiger partial charge < -0.3 is 0 Å². The van der Waals surface area contributed by atoms with Gasteiger partial charge in [-0.25, -0.2) is 0 Å². The maximum atomic E-state index is 12.3. The molecule has 122 valence electrons. The average Bonchev–Trinajstić information content (AvgIpc) is 2.75. The van der Waals surface area contributed by atoms with Crippen LogP contribution >= 0.6 is 35.0 Å². The highest BCUT2D eigenvalue weighted by atomic mass is 35.5. The Balaban J connectivity index is 2.15. The molecule has 0 saturated heterocycles. The number of carbonyl (C=O) groups is 2. The summed E-state index contributed by atoms with van der Waals surface area (Å²) in [6, 6.07) is 7.25. The van der Waals surface area contributed by atoms with Crippen molar-refractivity contribution in [1.29, 1.82) is 0 Å². The number of hydrogen-bond donors (Lipinski definition) is 0. The lowest BCUT2D eigenvalue weighted by molar-refractivity contribution is -0.385. The van der Waals surface area contributed by atoms with Crippen molar-refractivity contribution >= 4 is 52.5 Å². The van der Waals surface area contributed by atoms with Gasteiger partial charge >= 0.3 is 0 Å². The highest BCUT2D eigenvalue weighted by molar-refractivity contribution is 7.99. The van der Waals surface area contributed by atoms with Gasteiger partial charge in [0.1, 0.15) is 0 Å². The fourth-order valence-corrected chi connectivity index (χ4v) is 3.69. The third-order valence-electron chi connectivity index (χ3n) is 3.47. The van der Waals surface area contributed by atoms with E-state index >= 15 is 0 Å². The molecule has 0 aromatic heterocycles. The summed E-state index contributed by atoms with van der Waals surface area (Å²) in [7, 11) is 1.34. The summed E-state index contributed by atoms with van der Waals surface area (Å²) in [5.74, 6) is -1.05. The van der Waals surface area contributed by atoms with Gasteiger partial charge in [0.05, 0.1) is 26.1 Å². The summed E-state index contributed by atoms with van der Waals surface area (Å²) >= 11 is 12.9. The van der Waals surface area contributed by atoms with Crippen molar-refractivity contribution < 1.29 is 14.5 Å². The van der Waals surface area contributed by atoms with Gasteiger partial charge in [-0.1, -0.05) is 35.0 Å². The highest BCUT2D eigenvalue weighted by Gasteiger charge is 2.37. The summed E-state index contributed by atoms with van der Waals surface area (Å²) in [6.45, 7) is 0. The molecule has 1 aliphatic heterocycles. The first-order chi connectivity index (χ1) is 11.3. The minimum Gasteiger partial charge on any atom is -0.277 e. The molecule has 0 atom stereocenters. The van der Waals surface area contributed by atoms with E-state index in [9.17, 15) is 19.7 Å². The number of amides is 2. The zero-order valence-corrected chi connectivity index (χ0v) is 14.4. The lowest BCUT2D eigenvalue weighted by Crippen LogP contribution is -2.24. The summed E-state index contributed by atoms with van der Waals surface area (Å²) in [5.41, 5.74) is -0.0730. The Hall–Kier alpha value is -2.09. The minimum absolute atomic E-state index is 0.0271. The molecule has 2 amide bonds. The Morgan fingerprint density at radius 3 is 2.42 bits per heavy atom. The number of carbonyl (C=O) groups excluding carboxylic acids is 2. The number of nitro benzene ring substituents is 1. The predicted octanol–water partition coefficient (Wildman–Crippen LogP) is 4.28. The van der Waals surface area contributed by atoms with Crippen LogP contribution in [0.4, 0.5) is 5.69 Å². The Morgan fingerprint density at radius 2 is 1.79 bits per heavy atom. The lowest BCUT2D eigenvalue weighted by Gasteiger charge is -2.07. The number of rotatable bonds is 3. The smallest absolute Gasteiger partial charge is 0.271 e. The Kier molecular flexibility index (Phi) is 4.25. The molecule has 0 saturated carbocycles. The van der Waals surface area contributed by atoms with Crippen LogP contribution in [0.25, 0.3) is 0 Å². The number of nitrogens with zero attached hydrogens (tertiary/aromatic N) is 2. The Labute approximate surface area is 150 Å². The molecule has 3 rings (SSSR count). The van der Waals surface area contributed by atoms with E-state index in [1.807, 2.05) is 0 Å². The zero-order valence-electron chi connectivity index (χ0n) is 12.1. The van der Waals surface area contributed by atoms with E-state index in [2.05, 4.69) is 0 Å². The molecule has 2 aromatic carbocycles. The maximum Gasteiger partial charge on any atom is 0.271 e. The molecule has 0 fully saturated rings.